The second-order valence-corrected chi connectivity index (χ2v) is 6.18. The molecule has 21 heavy (non-hydrogen) atoms. The molecule has 112 valence electrons. The Bertz CT molecular complexity index is 515. The number of nitriles is 1. The zero-order chi connectivity index (χ0) is 15.2. The summed E-state index contributed by atoms with van der Waals surface area (Å²) >= 11 is 3.37. The van der Waals surface area contributed by atoms with Gasteiger partial charge in [-0.15, -0.1) is 0 Å². The van der Waals surface area contributed by atoms with Crippen molar-refractivity contribution in [1.29, 1.82) is 5.26 Å². The molecular weight excluding hydrogens is 330 g/mol. The van der Waals surface area contributed by atoms with Crippen LogP contribution < -0.4 is 0 Å². The molecule has 4 nitrogen and oxygen atoms in total. The SMILES string of the molecule is CCCC(C#N)N1CCN(C(=O)c2ccc(Br)cc2)CC1. The zero-order valence-electron chi connectivity index (χ0n) is 12.3. The Morgan fingerprint density at radius 1 is 1.29 bits per heavy atom. The van der Waals surface area contributed by atoms with Crippen LogP contribution in [0.25, 0.3) is 0 Å². The van der Waals surface area contributed by atoms with Gasteiger partial charge in [0.2, 0.25) is 0 Å². The average Bonchev–Trinajstić information content (AvgIpc) is 2.53. The van der Waals surface area contributed by atoms with Crippen LogP contribution in [0.1, 0.15) is 30.1 Å². The first-order valence-electron chi connectivity index (χ1n) is 7.34. The molecule has 1 aliphatic heterocycles. The summed E-state index contributed by atoms with van der Waals surface area (Å²) in [7, 11) is 0. The molecule has 1 fully saturated rings. The Kier molecular flexibility index (Phi) is 5.77. The number of piperazine rings is 1. The topological polar surface area (TPSA) is 47.3 Å². The molecule has 1 atom stereocenters. The summed E-state index contributed by atoms with van der Waals surface area (Å²) in [5.74, 6) is 0.0751. The van der Waals surface area contributed by atoms with Gasteiger partial charge in [-0.25, -0.2) is 0 Å². The minimum Gasteiger partial charge on any atom is -0.336 e. The maximum atomic E-state index is 12.4. The van der Waals surface area contributed by atoms with Crippen LogP contribution in [-0.2, 0) is 0 Å². The van der Waals surface area contributed by atoms with E-state index in [1.807, 2.05) is 29.2 Å². The van der Waals surface area contributed by atoms with E-state index in [0.717, 1.165) is 36.0 Å². The summed E-state index contributed by atoms with van der Waals surface area (Å²) in [6, 6.07) is 9.81. The minimum absolute atomic E-state index is 0.0140. The quantitative estimate of drug-likeness (QED) is 0.839. The number of nitrogens with zero attached hydrogens (tertiary/aromatic N) is 3. The number of halogens is 1. The Hall–Kier alpha value is -1.38. The Balaban J connectivity index is 1.93. The molecule has 1 unspecified atom stereocenters. The van der Waals surface area contributed by atoms with Crippen LogP contribution in [0.15, 0.2) is 28.7 Å². The van der Waals surface area contributed by atoms with E-state index in [2.05, 4.69) is 33.8 Å². The third-order valence-electron chi connectivity index (χ3n) is 3.84. The number of rotatable bonds is 4. The van der Waals surface area contributed by atoms with Crippen molar-refractivity contribution in [3.63, 3.8) is 0 Å². The largest absolute Gasteiger partial charge is 0.336 e. The molecule has 1 heterocycles. The first-order valence-corrected chi connectivity index (χ1v) is 8.13. The first kappa shape index (κ1) is 16.0. The summed E-state index contributed by atoms with van der Waals surface area (Å²) in [5, 5.41) is 9.21. The standard InChI is InChI=1S/C16H20BrN3O/c1-2-3-15(12-18)19-8-10-20(11-9-19)16(21)13-4-6-14(17)7-5-13/h4-7,15H,2-3,8-11H2,1H3. The number of carbonyl (C=O) groups excluding carboxylic acids is 1. The fourth-order valence-corrected chi connectivity index (χ4v) is 2.88. The molecule has 2 rings (SSSR count). The molecule has 1 saturated heterocycles. The Labute approximate surface area is 134 Å². The average molecular weight is 350 g/mol. The predicted octanol–water partition coefficient (Wildman–Crippen LogP) is 2.90. The van der Waals surface area contributed by atoms with Crippen LogP contribution in [0.2, 0.25) is 0 Å². The number of carbonyl (C=O) groups is 1. The van der Waals surface area contributed by atoms with E-state index in [9.17, 15) is 10.1 Å². The van der Waals surface area contributed by atoms with E-state index in [1.54, 1.807) is 0 Å². The molecule has 0 saturated carbocycles. The highest BCUT2D eigenvalue weighted by Gasteiger charge is 2.26. The van der Waals surface area contributed by atoms with Crippen molar-refractivity contribution in [3.8, 4) is 6.07 Å². The molecule has 1 aliphatic rings. The summed E-state index contributed by atoms with van der Waals surface area (Å²) in [5.41, 5.74) is 0.719. The molecule has 1 amide bonds. The summed E-state index contributed by atoms with van der Waals surface area (Å²) in [6.07, 6.45) is 1.91. The number of hydrogen-bond donors (Lipinski definition) is 0. The zero-order valence-corrected chi connectivity index (χ0v) is 13.8. The molecule has 0 aromatic heterocycles. The van der Waals surface area contributed by atoms with Crippen LogP contribution in [0, 0.1) is 11.3 Å². The van der Waals surface area contributed by atoms with E-state index in [0.29, 0.717) is 13.1 Å². The van der Waals surface area contributed by atoms with Gasteiger partial charge in [-0.3, -0.25) is 9.69 Å². The highest BCUT2D eigenvalue weighted by Crippen LogP contribution is 2.15. The molecule has 5 heteroatoms. The van der Waals surface area contributed by atoms with Crippen molar-refractivity contribution in [2.45, 2.75) is 25.8 Å². The Morgan fingerprint density at radius 3 is 2.43 bits per heavy atom. The third-order valence-corrected chi connectivity index (χ3v) is 4.37. The van der Waals surface area contributed by atoms with Gasteiger partial charge in [-0.1, -0.05) is 29.3 Å². The van der Waals surface area contributed by atoms with Crippen LogP contribution in [0.5, 0.6) is 0 Å². The van der Waals surface area contributed by atoms with Gasteiger partial charge in [-0.2, -0.15) is 5.26 Å². The molecule has 0 aliphatic carbocycles. The van der Waals surface area contributed by atoms with Gasteiger partial charge in [0, 0.05) is 36.2 Å². The van der Waals surface area contributed by atoms with Crippen molar-refractivity contribution < 1.29 is 4.79 Å². The summed E-state index contributed by atoms with van der Waals surface area (Å²) in [6.45, 7) is 5.03. The normalized spacial score (nSPS) is 17.3. The maximum Gasteiger partial charge on any atom is 0.253 e. The van der Waals surface area contributed by atoms with Gasteiger partial charge >= 0.3 is 0 Å². The van der Waals surface area contributed by atoms with Crippen LogP contribution in [-0.4, -0.2) is 47.9 Å². The molecule has 1 aromatic carbocycles. The van der Waals surface area contributed by atoms with Crippen molar-refractivity contribution in [1.82, 2.24) is 9.80 Å². The fraction of sp³-hybridized carbons (Fsp3) is 0.500. The Morgan fingerprint density at radius 2 is 1.90 bits per heavy atom. The first-order chi connectivity index (χ1) is 10.2. The van der Waals surface area contributed by atoms with Gasteiger partial charge < -0.3 is 4.90 Å². The lowest BCUT2D eigenvalue weighted by molar-refractivity contribution is 0.0601. The highest BCUT2D eigenvalue weighted by atomic mass is 79.9. The predicted molar refractivity (Wildman–Crippen MR) is 85.9 cm³/mol. The third kappa shape index (κ3) is 4.05. The van der Waals surface area contributed by atoms with Crippen LogP contribution in [0.3, 0.4) is 0 Å². The molecule has 0 spiro atoms. The van der Waals surface area contributed by atoms with Crippen LogP contribution >= 0.6 is 15.9 Å². The number of amides is 1. The molecule has 0 N–H and O–H groups in total. The van der Waals surface area contributed by atoms with Crippen molar-refractivity contribution in [2.75, 3.05) is 26.2 Å². The second kappa shape index (κ2) is 7.58. The molecular formula is C16H20BrN3O. The lowest BCUT2D eigenvalue weighted by Crippen LogP contribution is -2.51. The summed E-state index contributed by atoms with van der Waals surface area (Å²) in [4.78, 5) is 16.5. The van der Waals surface area contributed by atoms with Gasteiger partial charge in [0.05, 0.1) is 12.1 Å². The van der Waals surface area contributed by atoms with E-state index in [-0.39, 0.29) is 11.9 Å². The summed E-state index contributed by atoms with van der Waals surface area (Å²) < 4.78 is 0.972. The lowest BCUT2D eigenvalue weighted by atomic mass is 10.1. The van der Waals surface area contributed by atoms with E-state index in [1.165, 1.54) is 0 Å². The van der Waals surface area contributed by atoms with Gasteiger partial charge in [0.1, 0.15) is 0 Å². The van der Waals surface area contributed by atoms with Gasteiger partial charge in [-0.05, 0) is 30.7 Å². The second-order valence-electron chi connectivity index (χ2n) is 5.27. The fourth-order valence-electron chi connectivity index (χ4n) is 2.61. The van der Waals surface area contributed by atoms with Crippen molar-refractivity contribution in [2.24, 2.45) is 0 Å². The maximum absolute atomic E-state index is 12.4. The molecule has 0 radical (unpaired) electrons. The number of hydrogen-bond acceptors (Lipinski definition) is 3. The smallest absolute Gasteiger partial charge is 0.253 e. The van der Waals surface area contributed by atoms with Crippen molar-refractivity contribution in [3.05, 3.63) is 34.3 Å². The lowest BCUT2D eigenvalue weighted by Gasteiger charge is -2.37. The molecule has 0 bridgehead atoms. The van der Waals surface area contributed by atoms with Gasteiger partial charge in [0.25, 0.3) is 5.91 Å². The van der Waals surface area contributed by atoms with E-state index < -0.39 is 0 Å². The minimum atomic E-state index is -0.0140. The van der Waals surface area contributed by atoms with Crippen molar-refractivity contribution >= 4 is 21.8 Å². The molecule has 1 aromatic rings. The van der Waals surface area contributed by atoms with Gasteiger partial charge in [0.15, 0.2) is 0 Å². The van der Waals surface area contributed by atoms with E-state index >= 15 is 0 Å². The monoisotopic (exact) mass is 349 g/mol. The van der Waals surface area contributed by atoms with Crippen LogP contribution in [0.4, 0.5) is 0 Å². The van der Waals surface area contributed by atoms with E-state index in [4.69, 9.17) is 0 Å². The number of benzene rings is 1. The highest BCUT2D eigenvalue weighted by molar-refractivity contribution is 9.10.